The third-order valence-electron chi connectivity index (χ3n) is 5.74. The van der Waals surface area contributed by atoms with Crippen molar-refractivity contribution in [2.24, 2.45) is 5.14 Å². The third-order valence-corrected chi connectivity index (χ3v) is 7.13. The van der Waals surface area contributed by atoms with Gasteiger partial charge in [-0.2, -0.15) is 0 Å². The summed E-state index contributed by atoms with van der Waals surface area (Å²) >= 11 is 5.90. The number of benzene rings is 3. The molecular formula is C26H28ClF2N3O4S. The molecule has 0 aliphatic rings. The number of carbonyl (C=O) groups is 1. The number of hydrogen-bond donors (Lipinski definition) is 4. The minimum absolute atomic E-state index is 0.0577. The number of aliphatic hydroxyl groups is 1. The predicted molar refractivity (Wildman–Crippen MR) is 138 cm³/mol. The van der Waals surface area contributed by atoms with Crippen molar-refractivity contribution >= 4 is 27.5 Å². The Labute approximate surface area is 219 Å². The van der Waals surface area contributed by atoms with Crippen molar-refractivity contribution in [2.45, 2.75) is 43.4 Å². The van der Waals surface area contributed by atoms with E-state index in [-0.39, 0.29) is 29.1 Å². The van der Waals surface area contributed by atoms with Crippen LogP contribution in [-0.4, -0.2) is 38.1 Å². The summed E-state index contributed by atoms with van der Waals surface area (Å²) in [6.07, 6.45) is -0.369. The van der Waals surface area contributed by atoms with Crippen molar-refractivity contribution in [3.63, 3.8) is 0 Å². The molecule has 2 atom stereocenters. The van der Waals surface area contributed by atoms with Gasteiger partial charge in [-0.05, 0) is 59.9 Å². The van der Waals surface area contributed by atoms with Gasteiger partial charge in [0.25, 0.3) is 5.91 Å². The van der Waals surface area contributed by atoms with E-state index in [9.17, 15) is 27.1 Å². The van der Waals surface area contributed by atoms with Crippen LogP contribution in [0.2, 0.25) is 5.02 Å². The first-order chi connectivity index (χ1) is 17.5. The number of aryl methyl sites for hydroxylation is 1. The van der Waals surface area contributed by atoms with Crippen LogP contribution in [0.3, 0.4) is 0 Å². The summed E-state index contributed by atoms with van der Waals surface area (Å²) in [5.74, 6) is -2.31. The average molecular weight is 552 g/mol. The smallest absolute Gasteiger partial charge is 0.251 e. The molecule has 5 N–H and O–H groups in total. The highest BCUT2D eigenvalue weighted by molar-refractivity contribution is 7.89. The summed E-state index contributed by atoms with van der Waals surface area (Å²) in [7, 11) is -4.19. The maximum Gasteiger partial charge on any atom is 0.251 e. The number of amides is 1. The minimum Gasteiger partial charge on any atom is -0.390 e. The minimum atomic E-state index is -4.19. The van der Waals surface area contributed by atoms with Gasteiger partial charge >= 0.3 is 0 Å². The molecular weight excluding hydrogens is 524 g/mol. The highest BCUT2D eigenvalue weighted by Crippen LogP contribution is 2.22. The number of primary sulfonamides is 1. The lowest BCUT2D eigenvalue weighted by atomic mass is 10.00. The molecule has 0 unspecified atom stereocenters. The topological polar surface area (TPSA) is 122 Å². The van der Waals surface area contributed by atoms with Gasteiger partial charge in [-0.15, -0.1) is 0 Å². The van der Waals surface area contributed by atoms with Gasteiger partial charge < -0.3 is 15.7 Å². The number of nitrogens with one attached hydrogen (secondary N) is 2. The molecule has 0 spiro atoms. The first-order valence-corrected chi connectivity index (χ1v) is 13.4. The standard InChI is InChI=1S/C26H28ClF2N3O4S/c1-2-16-4-3-5-17(8-16)14-31-15-24(33)23(11-18-9-20(28)13-21(29)10-18)32-26(34)19-6-7-22(27)25(12-19)37(30,35)36/h3-10,12-13,23-24,31,33H,2,11,14-15H2,1H3,(H,32,34)(H2,30,35,36)/t23-,24+/m0/s1. The van der Waals surface area contributed by atoms with Gasteiger partial charge in [-0.1, -0.05) is 42.8 Å². The Morgan fingerprint density at radius 1 is 1.03 bits per heavy atom. The fraction of sp³-hybridized carbons (Fsp3) is 0.269. The zero-order chi connectivity index (χ0) is 27.2. The molecule has 198 valence electrons. The Morgan fingerprint density at radius 2 is 1.70 bits per heavy atom. The first-order valence-electron chi connectivity index (χ1n) is 11.5. The summed E-state index contributed by atoms with van der Waals surface area (Å²) in [5, 5.41) is 21.7. The van der Waals surface area contributed by atoms with Crippen molar-refractivity contribution in [3.05, 3.63) is 99.6 Å². The molecule has 37 heavy (non-hydrogen) atoms. The molecule has 3 aromatic rings. The Hall–Kier alpha value is -2.89. The molecule has 0 radical (unpaired) electrons. The number of hydrogen-bond acceptors (Lipinski definition) is 5. The van der Waals surface area contributed by atoms with E-state index in [1.165, 1.54) is 17.7 Å². The zero-order valence-electron chi connectivity index (χ0n) is 20.0. The van der Waals surface area contributed by atoms with Crippen LogP contribution in [0.15, 0.2) is 65.6 Å². The Kier molecular flexibility index (Phi) is 9.74. The average Bonchev–Trinajstić information content (AvgIpc) is 2.82. The summed E-state index contributed by atoms with van der Waals surface area (Å²) < 4.78 is 51.1. The first kappa shape index (κ1) is 28.7. The largest absolute Gasteiger partial charge is 0.390 e. The number of halogens is 3. The molecule has 1 amide bonds. The summed E-state index contributed by atoms with van der Waals surface area (Å²) in [6, 6.07) is 13.5. The molecule has 0 saturated carbocycles. The van der Waals surface area contributed by atoms with Crippen LogP contribution >= 0.6 is 11.6 Å². The van der Waals surface area contributed by atoms with Crippen molar-refractivity contribution in [1.29, 1.82) is 0 Å². The van der Waals surface area contributed by atoms with Crippen LogP contribution in [-0.2, 0) is 29.4 Å². The van der Waals surface area contributed by atoms with Gasteiger partial charge in [0, 0.05) is 24.7 Å². The van der Waals surface area contributed by atoms with E-state index < -0.39 is 44.6 Å². The number of carbonyl (C=O) groups excluding carboxylic acids is 1. The monoisotopic (exact) mass is 551 g/mol. The molecule has 0 heterocycles. The second-order valence-electron chi connectivity index (χ2n) is 8.62. The lowest BCUT2D eigenvalue weighted by molar-refractivity contribution is 0.0829. The Bertz CT molecular complexity index is 1350. The molecule has 11 heteroatoms. The molecule has 0 aromatic heterocycles. The van der Waals surface area contributed by atoms with Gasteiger partial charge in [0.15, 0.2) is 0 Å². The van der Waals surface area contributed by atoms with Gasteiger partial charge in [-0.25, -0.2) is 22.3 Å². The summed E-state index contributed by atoms with van der Waals surface area (Å²) in [5.41, 5.74) is 2.33. The van der Waals surface area contributed by atoms with Crippen molar-refractivity contribution in [2.75, 3.05) is 6.54 Å². The molecule has 0 aliphatic heterocycles. The molecule has 0 aliphatic carbocycles. The second-order valence-corrected chi connectivity index (χ2v) is 10.6. The van der Waals surface area contributed by atoms with E-state index in [2.05, 4.69) is 10.6 Å². The molecule has 0 saturated heterocycles. The van der Waals surface area contributed by atoms with E-state index >= 15 is 0 Å². The number of aliphatic hydroxyl groups excluding tert-OH is 1. The summed E-state index contributed by atoms with van der Waals surface area (Å²) in [6.45, 7) is 2.56. The van der Waals surface area contributed by atoms with Crippen LogP contribution in [0.4, 0.5) is 8.78 Å². The van der Waals surface area contributed by atoms with E-state index in [1.54, 1.807) is 0 Å². The fourth-order valence-electron chi connectivity index (χ4n) is 3.85. The van der Waals surface area contributed by atoms with Gasteiger partial charge in [0.2, 0.25) is 10.0 Å². The third kappa shape index (κ3) is 8.31. The van der Waals surface area contributed by atoms with Gasteiger partial charge in [0.05, 0.1) is 17.2 Å². The van der Waals surface area contributed by atoms with Crippen LogP contribution in [0, 0.1) is 11.6 Å². The quantitative estimate of drug-likeness (QED) is 0.291. The second kappa shape index (κ2) is 12.6. The Balaban J connectivity index is 1.78. The molecule has 7 nitrogen and oxygen atoms in total. The Morgan fingerprint density at radius 3 is 2.35 bits per heavy atom. The van der Waals surface area contributed by atoms with Gasteiger partial charge in [0.1, 0.15) is 16.5 Å². The molecule has 3 rings (SSSR count). The highest BCUT2D eigenvalue weighted by atomic mass is 35.5. The van der Waals surface area contributed by atoms with Crippen LogP contribution in [0.1, 0.15) is 34.0 Å². The fourth-order valence-corrected chi connectivity index (χ4v) is 4.92. The van der Waals surface area contributed by atoms with Crippen LogP contribution in [0.5, 0.6) is 0 Å². The normalized spacial score (nSPS) is 13.2. The van der Waals surface area contributed by atoms with Crippen molar-refractivity contribution in [1.82, 2.24) is 10.6 Å². The zero-order valence-corrected chi connectivity index (χ0v) is 21.6. The molecule has 3 aromatic carbocycles. The predicted octanol–water partition coefficient (Wildman–Crippen LogP) is 3.32. The van der Waals surface area contributed by atoms with E-state index in [0.717, 1.165) is 36.2 Å². The van der Waals surface area contributed by atoms with E-state index in [0.29, 0.717) is 6.54 Å². The van der Waals surface area contributed by atoms with Crippen molar-refractivity contribution in [3.8, 4) is 0 Å². The van der Waals surface area contributed by atoms with Crippen molar-refractivity contribution < 1.29 is 27.1 Å². The number of sulfonamides is 1. The molecule has 0 fully saturated rings. The van der Waals surface area contributed by atoms with E-state index in [1.807, 2.05) is 31.2 Å². The molecule has 0 bridgehead atoms. The summed E-state index contributed by atoms with van der Waals surface area (Å²) in [4.78, 5) is 12.5. The number of nitrogens with two attached hydrogens (primary N) is 1. The van der Waals surface area contributed by atoms with E-state index in [4.69, 9.17) is 16.7 Å². The van der Waals surface area contributed by atoms with Crippen LogP contribution < -0.4 is 15.8 Å². The maximum atomic E-state index is 13.8. The highest BCUT2D eigenvalue weighted by Gasteiger charge is 2.24. The number of rotatable bonds is 11. The lowest BCUT2D eigenvalue weighted by Crippen LogP contribution is -2.48. The van der Waals surface area contributed by atoms with Crippen LogP contribution in [0.25, 0.3) is 0 Å². The lowest BCUT2D eigenvalue weighted by Gasteiger charge is -2.25. The van der Waals surface area contributed by atoms with Gasteiger partial charge in [-0.3, -0.25) is 4.79 Å². The maximum absolute atomic E-state index is 13.8. The SMILES string of the molecule is CCc1cccc(CNC[C@@H](O)[C@H](Cc2cc(F)cc(F)c2)NC(=O)c2ccc(Cl)c(S(N)(=O)=O)c2)c1.